The van der Waals surface area contributed by atoms with E-state index in [9.17, 15) is 0 Å². The standard InChI is InChI=1S/C18H26N4O2/c1-4-16-20-17(22-21-16)12-9-23-10-14(12)19-13-7-18(2,3)8-15-11(13)5-6-24-15/h5-6,12-14,19H,4,7-10H2,1-3H3,(H,20,21,22)/t12-,13?,14+/m1/s1. The molecule has 2 aliphatic rings. The summed E-state index contributed by atoms with van der Waals surface area (Å²) < 4.78 is 11.5. The van der Waals surface area contributed by atoms with Gasteiger partial charge in [0.05, 0.1) is 25.4 Å². The van der Waals surface area contributed by atoms with Crippen LogP contribution in [-0.2, 0) is 17.6 Å². The first-order valence-electron chi connectivity index (χ1n) is 8.87. The first-order chi connectivity index (χ1) is 11.6. The number of rotatable bonds is 4. The molecule has 0 bridgehead atoms. The molecule has 0 spiro atoms. The van der Waals surface area contributed by atoms with Crippen molar-refractivity contribution in [1.82, 2.24) is 20.5 Å². The highest BCUT2D eigenvalue weighted by Gasteiger charge is 2.39. The van der Waals surface area contributed by atoms with Gasteiger partial charge in [-0.1, -0.05) is 20.8 Å². The Labute approximate surface area is 142 Å². The smallest absolute Gasteiger partial charge is 0.157 e. The molecule has 2 aromatic rings. The largest absolute Gasteiger partial charge is 0.469 e. The second-order valence-corrected chi connectivity index (χ2v) is 7.81. The lowest BCUT2D eigenvalue weighted by atomic mass is 9.74. The number of aromatic nitrogens is 3. The van der Waals surface area contributed by atoms with Crippen LogP contribution >= 0.6 is 0 Å². The third-order valence-corrected chi connectivity index (χ3v) is 5.26. The molecule has 1 unspecified atom stereocenters. The van der Waals surface area contributed by atoms with Gasteiger partial charge in [-0.3, -0.25) is 5.10 Å². The van der Waals surface area contributed by atoms with Crippen molar-refractivity contribution < 1.29 is 9.15 Å². The third kappa shape index (κ3) is 2.89. The predicted molar refractivity (Wildman–Crippen MR) is 89.8 cm³/mol. The summed E-state index contributed by atoms with van der Waals surface area (Å²) >= 11 is 0. The summed E-state index contributed by atoms with van der Waals surface area (Å²) in [6, 6.07) is 2.63. The van der Waals surface area contributed by atoms with Crippen molar-refractivity contribution in [3.8, 4) is 0 Å². The van der Waals surface area contributed by atoms with Crippen molar-refractivity contribution in [3.05, 3.63) is 35.3 Å². The zero-order valence-corrected chi connectivity index (χ0v) is 14.6. The molecule has 3 atom stereocenters. The molecule has 24 heavy (non-hydrogen) atoms. The summed E-state index contributed by atoms with van der Waals surface area (Å²) in [6.45, 7) is 8.06. The van der Waals surface area contributed by atoms with Gasteiger partial charge in [-0.25, -0.2) is 4.98 Å². The maximum Gasteiger partial charge on any atom is 0.157 e. The molecule has 0 amide bonds. The number of furan rings is 1. The summed E-state index contributed by atoms with van der Waals surface area (Å²) in [5.41, 5.74) is 1.53. The molecule has 1 fully saturated rings. The second kappa shape index (κ2) is 6.01. The number of hydrogen-bond donors (Lipinski definition) is 2. The molecule has 0 radical (unpaired) electrons. The van der Waals surface area contributed by atoms with E-state index in [4.69, 9.17) is 9.15 Å². The number of H-pyrrole nitrogens is 1. The SMILES string of the molecule is CCc1nc([C@@H]2COC[C@@H]2NC2CC(C)(C)Cc3occc32)n[nH]1. The summed E-state index contributed by atoms with van der Waals surface area (Å²) in [5, 5.41) is 11.2. The van der Waals surface area contributed by atoms with Crippen LogP contribution in [0, 0.1) is 5.41 Å². The second-order valence-electron chi connectivity index (χ2n) is 7.81. The highest BCUT2D eigenvalue weighted by Crippen LogP contribution is 2.42. The lowest BCUT2D eigenvalue weighted by Gasteiger charge is -2.36. The zero-order valence-electron chi connectivity index (χ0n) is 14.6. The van der Waals surface area contributed by atoms with Crippen LogP contribution in [-0.4, -0.2) is 34.4 Å². The molecule has 6 nitrogen and oxygen atoms in total. The van der Waals surface area contributed by atoms with Gasteiger partial charge >= 0.3 is 0 Å². The van der Waals surface area contributed by atoms with Crippen LogP contribution in [0.4, 0.5) is 0 Å². The molecule has 6 heteroatoms. The lowest BCUT2D eigenvalue weighted by Crippen LogP contribution is -2.41. The lowest BCUT2D eigenvalue weighted by molar-refractivity contribution is 0.178. The van der Waals surface area contributed by atoms with Crippen molar-refractivity contribution >= 4 is 0 Å². The summed E-state index contributed by atoms with van der Waals surface area (Å²) in [7, 11) is 0. The van der Waals surface area contributed by atoms with Crippen LogP contribution < -0.4 is 5.32 Å². The van der Waals surface area contributed by atoms with Crippen LogP contribution in [0.1, 0.15) is 62.1 Å². The fourth-order valence-corrected chi connectivity index (χ4v) is 3.99. The van der Waals surface area contributed by atoms with E-state index in [2.05, 4.69) is 47.3 Å². The Hall–Kier alpha value is -1.66. The number of ether oxygens (including phenoxy) is 1. The molecule has 4 rings (SSSR count). The van der Waals surface area contributed by atoms with Gasteiger partial charge in [0, 0.05) is 30.5 Å². The zero-order chi connectivity index (χ0) is 16.7. The third-order valence-electron chi connectivity index (χ3n) is 5.26. The fourth-order valence-electron chi connectivity index (χ4n) is 3.99. The van der Waals surface area contributed by atoms with Crippen molar-refractivity contribution in [2.24, 2.45) is 5.41 Å². The van der Waals surface area contributed by atoms with E-state index < -0.39 is 0 Å². The molecule has 1 saturated heterocycles. The summed E-state index contributed by atoms with van der Waals surface area (Å²) in [5.74, 6) is 3.11. The fraction of sp³-hybridized carbons (Fsp3) is 0.667. The van der Waals surface area contributed by atoms with Gasteiger partial charge in [0.25, 0.3) is 0 Å². The van der Waals surface area contributed by atoms with Crippen molar-refractivity contribution in [3.63, 3.8) is 0 Å². The van der Waals surface area contributed by atoms with E-state index in [0.717, 1.165) is 36.7 Å². The molecule has 1 aliphatic carbocycles. The molecule has 2 aromatic heterocycles. The minimum atomic E-state index is 0.196. The molecule has 0 saturated carbocycles. The molecule has 0 aromatic carbocycles. The number of nitrogens with one attached hydrogen (secondary N) is 2. The monoisotopic (exact) mass is 330 g/mol. The van der Waals surface area contributed by atoms with Gasteiger partial charge in [-0.05, 0) is 17.9 Å². The Kier molecular flexibility index (Phi) is 3.96. The van der Waals surface area contributed by atoms with Gasteiger partial charge in [-0.15, -0.1) is 0 Å². The molecular weight excluding hydrogens is 304 g/mol. The maximum atomic E-state index is 5.75. The topological polar surface area (TPSA) is 76.0 Å². The minimum Gasteiger partial charge on any atom is -0.469 e. The Morgan fingerprint density at radius 1 is 1.38 bits per heavy atom. The number of aryl methyl sites for hydroxylation is 1. The summed E-state index contributed by atoms with van der Waals surface area (Å²) in [6.07, 6.45) is 4.77. The number of hydrogen-bond acceptors (Lipinski definition) is 5. The van der Waals surface area contributed by atoms with Crippen molar-refractivity contribution in [2.75, 3.05) is 13.2 Å². The molecule has 2 N–H and O–H groups in total. The van der Waals surface area contributed by atoms with Crippen molar-refractivity contribution in [1.29, 1.82) is 0 Å². The van der Waals surface area contributed by atoms with Crippen LogP contribution in [0.15, 0.2) is 16.7 Å². The summed E-state index contributed by atoms with van der Waals surface area (Å²) in [4.78, 5) is 4.61. The maximum absolute atomic E-state index is 5.75. The van der Waals surface area contributed by atoms with Crippen LogP contribution in [0.2, 0.25) is 0 Å². The average molecular weight is 330 g/mol. The Morgan fingerprint density at radius 2 is 2.25 bits per heavy atom. The first-order valence-corrected chi connectivity index (χ1v) is 8.87. The van der Waals surface area contributed by atoms with E-state index >= 15 is 0 Å². The highest BCUT2D eigenvalue weighted by atomic mass is 16.5. The quantitative estimate of drug-likeness (QED) is 0.901. The predicted octanol–water partition coefficient (Wildman–Crippen LogP) is 2.75. The van der Waals surface area contributed by atoms with E-state index in [1.54, 1.807) is 0 Å². The minimum absolute atomic E-state index is 0.196. The molecular formula is C18H26N4O2. The van der Waals surface area contributed by atoms with Gasteiger partial charge < -0.3 is 14.5 Å². The first kappa shape index (κ1) is 15.8. The van der Waals surface area contributed by atoms with E-state index in [-0.39, 0.29) is 17.4 Å². The normalized spacial score (nSPS) is 28.9. The number of fused-ring (bicyclic) bond motifs is 1. The Balaban J connectivity index is 1.54. The Morgan fingerprint density at radius 3 is 3.04 bits per heavy atom. The van der Waals surface area contributed by atoms with Crippen LogP contribution in [0.3, 0.4) is 0 Å². The van der Waals surface area contributed by atoms with Crippen LogP contribution in [0.5, 0.6) is 0 Å². The van der Waals surface area contributed by atoms with E-state index in [1.165, 1.54) is 5.56 Å². The number of aromatic amines is 1. The van der Waals surface area contributed by atoms with Gasteiger partial charge in [0.2, 0.25) is 0 Å². The Bertz CT molecular complexity index is 705. The number of nitrogens with zero attached hydrogens (tertiary/aromatic N) is 2. The van der Waals surface area contributed by atoms with Crippen LogP contribution in [0.25, 0.3) is 0 Å². The molecule has 130 valence electrons. The average Bonchev–Trinajstić information content (AvgIpc) is 3.24. The molecule has 1 aliphatic heterocycles. The van der Waals surface area contributed by atoms with Gasteiger partial charge in [0.15, 0.2) is 5.82 Å². The van der Waals surface area contributed by atoms with E-state index in [1.807, 2.05) is 6.26 Å². The van der Waals surface area contributed by atoms with Crippen molar-refractivity contribution in [2.45, 2.75) is 58.0 Å². The van der Waals surface area contributed by atoms with Gasteiger partial charge in [-0.2, -0.15) is 5.10 Å². The van der Waals surface area contributed by atoms with E-state index in [0.29, 0.717) is 19.3 Å². The molecule has 3 heterocycles. The van der Waals surface area contributed by atoms with Gasteiger partial charge in [0.1, 0.15) is 11.6 Å². The highest BCUT2D eigenvalue weighted by molar-refractivity contribution is 5.26.